The van der Waals surface area contributed by atoms with E-state index in [1.807, 2.05) is 30.3 Å². The van der Waals surface area contributed by atoms with Crippen molar-refractivity contribution in [3.8, 4) is 0 Å². The highest BCUT2D eigenvalue weighted by atomic mass is 127. The van der Waals surface area contributed by atoms with Crippen LogP contribution in [0, 0.1) is 0 Å². The summed E-state index contributed by atoms with van der Waals surface area (Å²) in [6.45, 7) is 5.80. The zero-order chi connectivity index (χ0) is 19.7. The van der Waals surface area contributed by atoms with Gasteiger partial charge in [0.05, 0.1) is 7.11 Å². The topological polar surface area (TPSA) is 74.8 Å². The molecule has 0 aliphatic rings. The molecule has 0 aliphatic heterocycles. The van der Waals surface area contributed by atoms with E-state index in [-0.39, 0.29) is 29.4 Å². The lowest BCUT2D eigenvalue weighted by molar-refractivity contribution is 0.187. The van der Waals surface area contributed by atoms with Crippen molar-refractivity contribution in [2.24, 2.45) is 4.99 Å². The third kappa shape index (κ3) is 7.38. The summed E-state index contributed by atoms with van der Waals surface area (Å²) >= 11 is 0. The van der Waals surface area contributed by atoms with Crippen LogP contribution < -0.4 is 16.0 Å². The molecule has 0 spiro atoms. The average molecular weight is 496 g/mol. The number of carbonyl (C=O) groups is 1. The number of halogens is 1. The number of ether oxygens (including phenoxy) is 1. The first-order chi connectivity index (χ1) is 12.9. The molecule has 3 N–H and O–H groups in total. The predicted molar refractivity (Wildman–Crippen MR) is 126 cm³/mol. The van der Waals surface area contributed by atoms with Crippen LogP contribution in [-0.2, 0) is 16.7 Å². The summed E-state index contributed by atoms with van der Waals surface area (Å²) in [6.07, 6.45) is -0.480. The second kappa shape index (κ2) is 11.5. The van der Waals surface area contributed by atoms with Gasteiger partial charge >= 0.3 is 6.09 Å². The van der Waals surface area contributed by atoms with E-state index in [9.17, 15) is 4.79 Å². The Morgan fingerprint density at radius 1 is 1.04 bits per heavy atom. The molecule has 0 aromatic heterocycles. The molecule has 0 saturated carbocycles. The maximum atomic E-state index is 11.2. The average Bonchev–Trinajstić information content (AvgIpc) is 2.69. The Labute approximate surface area is 184 Å². The number of aliphatic imine (C=N–C) groups is 1. The van der Waals surface area contributed by atoms with Crippen molar-refractivity contribution in [3.63, 3.8) is 0 Å². The van der Waals surface area contributed by atoms with Crippen LogP contribution in [0.3, 0.4) is 0 Å². The highest BCUT2D eigenvalue weighted by molar-refractivity contribution is 14.0. The lowest BCUT2D eigenvalue weighted by Gasteiger charge is -2.26. The van der Waals surface area contributed by atoms with Gasteiger partial charge in [-0.3, -0.25) is 10.3 Å². The highest BCUT2D eigenvalue weighted by Crippen LogP contribution is 2.21. The first kappa shape index (κ1) is 23.7. The fraction of sp³-hybridized carbons (Fsp3) is 0.333. The zero-order valence-corrected chi connectivity index (χ0v) is 19.1. The fourth-order valence-corrected chi connectivity index (χ4v) is 2.58. The number of guanidine groups is 1. The lowest BCUT2D eigenvalue weighted by Crippen LogP contribution is -2.43. The number of carbonyl (C=O) groups excluding carboxylic acids is 1. The molecule has 0 radical (unpaired) electrons. The summed E-state index contributed by atoms with van der Waals surface area (Å²) in [4.78, 5) is 15.5. The van der Waals surface area contributed by atoms with Crippen LogP contribution >= 0.6 is 24.0 Å². The summed E-state index contributed by atoms with van der Waals surface area (Å²) in [5.41, 5.74) is 3.04. The van der Waals surface area contributed by atoms with Gasteiger partial charge in [-0.25, -0.2) is 4.79 Å². The SMILES string of the molecule is CN=C(NCc1ccc(NC(=O)OC)cc1)NCC(C)(C)c1ccccc1.I. The lowest BCUT2D eigenvalue weighted by atomic mass is 9.85. The third-order valence-electron chi connectivity index (χ3n) is 4.32. The van der Waals surface area contributed by atoms with Gasteiger partial charge in [0.2, 0.25) is 0 Å². The smallest absolute Gasteiger partial charge is 0.411 e. The Kier molecular flexibility index (Phi) is 9.78. The number of amides is 1. The number of hydrogen-bond donors (Lipinski definition) is 3. The summed E-state index contributed by atoms with van der Waals surface area (Å²) in [7, 11) is 3.10. The Morgan fingerprint density at radius 3 is 2.25 bits per heavy atom. The van der Waals surface area contributed by atoms with Crippen LogP contribution in [0.5, 0.6) is 0 Å². The second-order valence-electron chi connectivity index (χ2n) is 6.84. The molecule has 7 heteroatoms. The molecule has 2 rings (SSSR count). The molecule has 1 amide bonds. The maximum Gasteiger partial charge on any atom is 0.411 e. The molecule has 0 heterocycles. The number of nitrogens with one attached hydrogen (secondary N) is 3. The minimum Gasteiger partial charge on any atom is -0.453 e. The molecule has 0 saturated heterocycles. The molecule has 2 aromatic rings. The number of benzene rings is 2. The van der Waals surface area contributed by atoms with Crippen molar-refractivity contribution in [1.82, 2.24) is 10.6 Å². The first-order valence-electron chi connectivity index (χ1n) is 8.88. The number of nitrogens with zero attached hydrogens (tertiary/aromatic N) is 1. The molecule has 6 nitrogen and oxygen atoms in total. The van der Waals surface area contributed by atoms with Gasteiger partial charge in [0.25, 0.3) is 0 Å². The Bertz CT molecular complexity index is 762. The summed E-state index contributed by atoms with van der Waals surface area (Å²) < 4.78 is 4.58. The molecular weight excluding hydrogens is 467 g/mol. The van der Waals surface area contributed by atoms with Crippen LogP contribution in [0.15, 0.2) is 59.6 Å². The van der Waals surface area contributed by atoms with E-state index < -0.39 is 6.09 Å². The van der Waals surface area contributed by atoms with Crippen LogP contribution in [-0.4, -0.2) is 32.8 Å². The van der Waals surface area contributed by atoms with Crippen LogP contribution in [0.4, 0.5) is 10.5 Å². The molecular formula is C21H29IN4O2. The van der Waals surface area contributed by atoms with E-state index in [4.69, 9.17) is 0 Å². The molecule has 0 aliphatic carbocycles. The van der Waals surface area contributed by atoms with Gasteiger partial charge in [-0.05, 0) is 23.3 Å². The van der Waals surface area contributed by atoms with Crippen LogP contribution in [0.25, 0.3) is 0 Å². The largest absolute Gasteiger partial charge is 0.453 e. The maximum absolute atomic E-state index is 11.2. The highest BCUT2D eigenvalue weighted by Gasteiger charge is 2.20. The molecule has 28 heavy (non-hydrogen) atoms. The standard InChI is InChI=1S/C21H28N4O2.HI/c1-21(2,17-8-6-5-7-9-17)15-24-19(22-3)23-14-16-10-12-18(13-11-16)25-20(26)27-4;/h5-13H,14-15H2,1-4H3,(H,25,26)(H2,22,23,24);1H. The van der Waals surface area contributed by atoms with Crippen molar-refractivity contribution in [2.75, 3.05) is 26.0 Å². The van der Waals surface area contributed by atoms with Gasteiger partial charge < -0.3 is 15.4 Å². The molecule has 0 bridgehead atoms. The summed E-state index contributed by atoms with van der Waals surface area (Å²) in [5, 5.41) is 9.33. The second-order valence-corrected chi connectivity index (χ2v) is 6.84. The summed E-state index contributed by atoms with van der Waals surface area (Å²) in [6, 6.07) is 18.0. The van der Waals surface area contributed by atoms with Crippen LogP contribution in [0.1, 0.15) is 25.0 Å². The number of rotatable bonds is 6. The van der Waals surface area contributed by atoms with E-state index in [1.54, 1.807) is 7.05 Å². The minimum absolute atomic E-state index is 0. The van der Waals surface area contributed by atoms with Gasteiger partial charge in [0.15, 0.2) is 5.96 Å². The monoisotopic (exact) mass is 496 g/mol. The zero-order valence-electron chi connectivity index (χ0n) is 16.8. The van der Waals surface area contributed by atoms with Gasteiger partial charge in [-0.2, -0.15) is 0 Å². The fourth-order valence-electron chi connectivity index (χ4n) is 2.58. The Balaban J connectivity index is 0.00000392. The normalized spacial score (nSPS) is 11.2. The molecule has 0 fully saturated rings. The van der Waals surface area contributed by atoms with E-state index in [2.05, 4.69) is 63.8 Å². The van der Waals surface area contributed by atoms with Gasteiger partial charge in [0, 0.05) is 31.2 Å². The Morgan fingerprint density at radius 2 is 1.68 bits per heavy atom. The van der Waals surface area contributed by atoms with E-state index in [0.29, 0.717) is 12.2 Å². The summed E-state index contributed by atoms with van der Waals surface area (Å²) in [5.74, 6) is 0.746. The predicted octanol–water partition coefficient (Wildman–Crippen LogP) is 4.13. The molecule has 152 valence electrons. The molecule has 0 atom stereocenters. The molecule has 0 unspecified atom stereocenters. The van der Waals surface area contributed by atoms with Crippen molar-refractivity contribution >= 4 is 41.7 Å². The number of hydrogen-bond acceptors (Lipinski definition) is 3. The molecule has 2 aromatic carbocycles. The van der Waals surface area contributed by atoms with Crippen molar-refractivity contribution < 1.29 is 9.53 Å². The Hall–Kier alpha value is -2.29. The quantitative estimate of drug-likeness (QED) is 0.320. The van der Waals surface area contributed by atoms with Crippen molar-refractivity contribution in [3.05, 3.63) is 65.7 Å². The minimum atomic E-state index is -0.480. The third-order valence-corrected chi connectivity index (χ3v) is 4.32. The van der Waals surface area contributed by atoms with Gasteiger partial charge in [-0.15, -0.1) is 24.0 Å². The first-order valence-corrected chi connectivity index (χ1v) is 8.88. The van der Waals surface area contributed by atoms with Gasteiger partial charge in [-0.1, -0.05) is 56.3 Å². The van der Waals surface area contributed by atoms with Crippen molar-refractivity contribution in [1.29, 1.82) is 0 Å². The van der Waals surface area contributed by atoms with E-state index in [1.165, 1.54) is 12.7 Å². The van der Waals surface area contributed by atoms with Crippen LogP contribution in [0.2, 0.25) is 0 Å². The number of methoxy groups -OCH3 is 1. The van der Waals surface area contributed by atoms with Crippen molar-refractivity contribution in [2.45, 2.75) is 25.8 Å². The van der Waals surface area contributed by atoms with Gasteiger partial charge in [0.1, 0.15) is 0 Å². The number of anilines is 1. The van der Waals surface area contributed by atoms with E-state index >= 15 is 0 Å². The van der Waals surface area contributed by atoms with E-state index in [0.717, 1.165) is 18.1 Å².